The number of hydrogen-bond donors (Lipinski definition) is 0. The number of hydrogen-bond acceptors (Lipinski definition) is 4. The molecular weight excluding hydrogens is 290 g/mol. The molecule has 0 aliphatic carbocycles. The van der Waals surface area contributed by atoms with E-state index in [1.807, 2.05) is 26.0 Å². The number of rotatable bonds is 4. The molecule has 0 N–H and O–H groups in total. The molecule has 1 aromatic carbocycles. The molecule has 0 amide bonds. The summed E-state index contributed by atoms with van der Waals surface area (Å²) in [7, 11) is 1.67. The van der Waals surface area contributed by atoms with Crippen molar-refractivity contribution in [2.24, 2.45) is 0 Å². The van der Waals surface area contributed by atoms with Crippen LogP contribution in [0, 0.1) is 6.92 Å². The van der Waals surface area contributed by atoms with Gasteiger partial charge in [0, 0.05) is 12.1 Å². The standard InChI is InChI=1S/C19H25NO3/c1-4-14-13(2)23-19-15(18(14)21)8-9-17(22-3)16(19)12-20-10-6-5-7-11-20/h8-9H,4-7,10-12H2,1-3H3. The number of ether oxygens (including phenoxy) is 1. The van der Waals surface area contributed by atoms with Gasteiger partial charge in [-0.15, -0.1) is 0 Å². The molecule has 1 aliphatic rings. The van der Waals surface area contributed by atoms with E-state index in [0.717, 1.165) is 42.3 Å². The van der Waals surface area contributed by atoms with Crippen LogP contribution in [-0.4, -0.2) is 25.1 Å². The zero-order valence-electron chi connectivity index (χ0n) is 14.3. The van der Waals surface area contributed by atoms with Gasteiger partial charge in [0.05, 0.1) is 18.1 Å². The first-order valence-corrected chi connectivity index (χ1v) is 8.50. The summed E-state index contributed by atoms with van der Waals surface area (Å²) in [6.45, 7) is 6.83. The molecule has 1 fully saturated rings. The summed E-state index contributed by atoms with van der Waals surface area (Å²) in [6.07, 6.45) is 4.46. The number of aryl methyl sites for hydroxylation is 1. The van der Waals surface area contributed by atoms with Gasteiger partial charge in [-0.05, 0) is 51.4 Å². The highest BCUT2D eigenvalue weighted by atomic mass is 16.5. The molecule has 0 spiro atoms. The molecule has 0 saturated carbocycles. The molecule has 0 unspecified atom stereocenters. The first kappa shape index (κ1) is 16.1. The third-order valence-electron chi connectivity index (χ3n) is 4.82. The van der Waals surface area contributed by atoms with Gasteiger partial charge in [0.25, 0.3) is 0 Å². The van der Waals surface area contributed by atoms with Gasteiger partial charge in [-0.2, -0.15) is 0 Å². The van der Waals surface area contributed by atoms with Crippen molar-refractivity contribution in [1.82, 2.24) is 4.90 Å². The Morgan fingerprint density at radius 3 is 2.57 bits per heavy atom. The molecule has 23 heavy (non-hydrogen) atoms. The summed E-state index contributed by atoms with van der Waals surface area (Å²) in [4.78, 5) is 15.1. The highest BCUT2D eigenvalue weighted by Crippen LogP contribution is 2.30. The van der Waals surface area contributed by atoms with E-state index in [1.54, 1.807) is 7.11 Å². The van der Waals surface area contributed by atoms with Crippen LogP contribution in [0.15, 0.2) is 21.3 Å². The fraction of sp³-hybridized carbons (Fsp3) is 0.526. The molecule has 0 radical (unpaired) electrons. The number of piperidine rings is 1. The normalized spacial score (nSPS) is 16.0. The van der Waals surface area contributed by atoms with Crippen LogP contribution in [0.25, 0.3) is 11.0 Å². The van der Waals surface area contributed by atoms with E-state index in [2.05, 4.69) is 4.90 Å². The molecule has 1 aliphatic heterocycles. The van der Waals surface area contributed by atoms with Gasteiger partial charge >= 0.3 is 0 Å². The van der Waals surface area contributed by atoms with Gasteiger partial charge in [0.1, 0.15) is 17.1 Å². The first-order chi connectivity index (χ1) is 11.2. The van der Waals surface area contributed by atoms with E-state index >= 15 is 0 Å². The van der Waals surface area contributed by atoms with Gasteiger partial charge in [0.2, 0.25) is 0 Å². The summed E-state index contributed by atoms with van der Waals surface area (Å²) < 4.78 is 11.6. The highest BCUT2D eigenvalue weighted by Gasteiger charge is 2.19. The second-order valence-electron chi connectivity index (χ2n) is 6.28. The molecular formula is C19H25NO3. The minimum atomic E-state index is 0.0915. The largest absolute Gasteiger partial charge is 0.496 e. The Bertz CT molecular complexity index is 757. The van der Waals surface area contributed by atoms with Crippen molar-refractivity contribution in [2.45, 2.75) is 46.1 Å². The van der Waals surface area contributed by atoms with E-state index < -0.39 is 0 Å². The average molecular weight is 315 g/mol. The molecule has 1 aromatic heterocycles. The van der Waals surface area contributed by atoms with Crippen molar-refractivity contribution in [3.63, 3.8) is 0 Å². The maximum atomic E-state index is 12.7. The lowest BCUT2D eigenvalue weighted by Gasteiger charge is -2.27. The van der Waals surface area contributed by atoms with Gasteiger partial charge in [0.15, 0.2) is 5.43 Å². The summed E-state index contributed by atoms with van der Waals surface area (Å²) in [5.41, 5.74) is 2.55. The molecule has 1 saturated heterocycles. The monoisotopic (exact) mass is 315 g/mol. The minimum Gasteiger partial charge on any atom is -0.496 e. The van der Waals surface area contributed by atoms with Crippen LogP contribution in [-0.2, 0) is 13.0 Å². The fourth-order valence-electron chi connectivity index (χ4n) is 3.53. The second kappa shape index (κ2) is 6.75. The molecule has 124 valence electrons. The number of fused-ring (bicyclic) bond motifs is 1. The summed E-state index contributed by atoms with van der Waals surface area (Å²) in [5, 5.41) is 0.667. The SMILES string of the molecule is CCc1c(C)oc2c(CN3CCCCC3)c(OC)ccc2c1=O. The molecule has 3 rings (SSSR count). The lowest BCUT2D eigenvalue weighted by Crippen LogP contribution is -2.29. The van der Waals surface area contributed by atoms with Crippen LogP contribution in [0.2, 0.25) is 0 Å². The van der Waals surface area contributed by atoms with Crippen LogP contribution in [0.3, 0.4) is 0 Å². The second-order valence-corrected chi connectivity index (χ2v) is 6.28. The number of methoxy groups -OCH3 is 1. The van der Waals surface area contributed by atoms with Gasteiger partial charge < -0.3 is 9.15 Å². The van der Waals surface area contributed by atoms with E-state index in [9.17, 15) is 4.79 Å². The zero-order valence-corrected chi connectivity index (χ0v) is 14.3. The summed E-state index contributed by atoms with van der Waals surface area (Å²) in [6, 6.07) is 3.73. The lowest BCUT2D eigenvalue weighted by atomic mass is 10.0. The Balaban J connectivity index is 2.15. The third kappa shape index (κ3) is 3.00. The Kier molecular flexibility index (Phi) is 4.71. The molecule has 4 nitrogen and oxygen atoms in total. The maximum Gasteiger partial charge on any atom is 0.196 e. The number of nitrogens with zero attached hydrogens (tertiary/aromatic N) is 1. The predicted octanol–water partition coefficient (Wildman–Crippen LogP) is 3.66. The Hall–Kier alpha value is -1.81. The zero-order chi connectivity index (χ0) is 16.4. The van der Waals surface area contributed by atoms with Gasteiger partial charge in [-0.1, -0.05) is 13.3 Å². The van der Waals surface area contributed by atoms with E-state index in [1.165, 1.54) is 19.3 Å². The Morgan fingerprint density at radius 1 is 1.17 bits per heavy atom. The predicted molar refractivity (Wildman–Crippen MR) is 92.3 cm³/mol. The Labute approximate surface area is 137 Å². The third-order valence-corrected chi connectivity index (χ3v) is 4.82. The van der Waals surface area contributed by atoms with Crippen molar-refractivity contribution in [2.75, 3.05) is 20.2 Å². The van der Waals surface area contributed by atoms with Crippen LogP contribution >= 0.6 is 0 Å². The van der Waals surface area contributed by atoms with Crippen LogP contribution < -0.4 is 10.2 Å². The molecule has 0 bridgehead atoms. The summed E-state index contributed by atoms with van der Waals surface area (Å²) >= 11 is 0. The van der Waals surface area contributed by atoms with E-state index in [0.29, 0.717) is 17.4 Å². The number of likely N-dealkylation sites (tertiary alicyclic amines) is 1. The van der Waals surface area contributed by atoms with Gasteiger partial charge in [-0.25, -0.2) is 0 Å². The van der Waals surface area contributed by atoms with Crippen molar-refractivity contribution >= 4 is 11.0 Å². The maximum absolute atomic E-state index is 12.7. The summed E-state index contributed by atoms with van der Waals surface area (Å²) in [5.74, 6) is 1.52. The minimum absolute atomic E-state index is 0.0915. The van der Waals surface area contributed by atoms with E-state index in [-0.39, 0.29) is 5.43 Å². The van der Waals surface area contributed by atoms with Crippen molar-refractivity contribution < 1.29 is 9.15 Å². The molecule has 2 aromatic rings. The first-order valence-electron chi connectivity index (χ1n) is 8.50. The van der Waals surface area contributed by atoms with Gasteiger partial charge in [-0.3, -0.25) is 9.69 Å². The molecule has 0 atom stereocenters. The van der Waals surface area contributed by atoms with Crippen molar-refractivity contribution in [3.05, 3.63) is 39.2 Å². The number of benzene rings is 1. The highest BCUT2D eigenvalue weighted by molar-refractivity contribution is 5.83. The van der Waals surface area contributed by atoms with Crippen molar-refractivity contribution in [1.29, 1.82) is 0 Å². The van der Waals surface area contributed by atoms with Crippen LogP contribution in [0.4, 0.5) is 0 Å². The topological polar surface area (TPSA) is 42.7 Å². The fourth-order valence-corrected chi connectivity index (χ4v) is 3.53. The van der Waals surface area contributed by atoms with Crippen LogP contribution in [0.1, 0.15) is 43.1 Å². The van der Waals surface area contributed by atoms with E-state index in [4.69, 9.17) is 9.15 Å². The quantitative estimate of drug-likeness (QED) is 0.863. The lowest BCUT2D eigenvalue weighted by molar-refractivity contribution is 0.218. The van der Waals surface area contributed by atoms with Crippen molar-refractivity contribution in [3.8, 4) is 5.75 Å². The molecule has 2 heterocycles. The smallest absolute Gasteiger partial charge is 0.196 e. The average Bonchev–Trinajstić information content (AvgIpc) is 2.57. The van der Waals surface area contributed by atoms with Crippen LogP contribution in [0.5, 0.6) is 5.75 Å². The Morgan fingerprint density at radius 2 is 1.91 bits per heavy atom. The molecule has 4 heteroatoms.